The summed E-state index contributed by atoms with van der Waals surface area (Å²) in [6.45, 7) is 3.12. The number of carboxylic acid groups (broad SMARTS) is 1. The highest BCUT2D eigenvalue weighted by molar-refractivity contribution is 5.86. The molecule has 2 unspecified atom stereocenters. The number of hydrogen-bond donors (Lipinski definition) is 1. The predicted molar refractivity (Wildman–Crippen MR) is 65.2 cm³/mol. The van der Waals surface area contributed by atoms with E-state index in [1.807, 2.05) is 6.92 Å². The van der Waals surface area contributed by atoms with Gasteiger partial charge in [0.1, 0.15) is 5.60 Å². The molecule has 0 aromatic rings. The Kier molecular flexibility index (Phi) is 3.90. The van der Waals surface area contributed by atoms with Gasteiger partial charge in [0.25, 0.3) is 5.91 Å². The SMILES string of the molecule is CC1(C(=O)N2CCCCC2CC(=O)O)CCCO1. The molecule has 1 amide bonds. The number of carbonyl (C=O) groups is 2. The van der Waals surface area contributed by atoms with E-state index in [0.29, 0.717) is 13.2 Å². The van der Waals surface area contributed by atoms with Crippen molar-refractivity contribution in [2.75, 3.05) is 13.2 Å². The summed E-state index contributed by atoms with van der Waals surface area (Å²) in [5.41, 5.74) is -0.728. The molecule has 18 heavy (non-hydrogen) atoms. The standard InChI is InChI=1S/C13H21NO4/c1-13(6-4-8-18-13)12(17)14-7-3-2-5-10(14)9-11(15)16/h10H,2-9H2,1H3,(H,15,16). The Labute approximate surface area is 107 Å². The zero-order valence-electron chi connectivity index (χ0n) is 10.9. The van der Waals surface area contributed by atoms with Crippen molar-refractivity contribution in [3.05, 3.63) is 0 Å². The van der Waals surface area contributed by atoms with E-state index in [2.05, 4.69) is 0 Å². The molecular weight excluding hydrogens is 234 g/mol. The van der Waals surface area contributed by atoms with Gasteiger partial charge in [0.15, 0.2) is 0 Å². The maximum atomic E-state index is 12.5. The molecule has 0 saturated carbocycles. The van der Waals surface area contributed by atoms with Gasteiger partial charge < -0.3 is 14.7 Å². The first kappa shape index (κ1) is 13.3. The summed E-state index contributed by atoms with van der Waals surface area (Å²) in [6.07, 6.45) is 4.43. The number of rotatable bonds is 3. The molecule has 0 bridgehead atoms. The van der Waals surface area contributed by atoms with Crippen LogP contribution in [0.3, 0.4) is 0 Å². The van der Waals surface area contributed by atoms with E-state index in [1.165, 1.54) is 0 Å². The van der Waals surface area contributed by atoms with Gasteiger partial charge in [0.05, 0.1) is 6.42 Å². The summed E-state index contributed by atoms with van der Waals surface area (Å²) in [7, 11) is 0. The highest BCUT2D eigenvalue weighted by Gasteiger charge is 2.43. The third-order valence-corrected chi connectivity index (χ3v) is 3.97. The minimum absolute atomic E-state index is 0.0223. The van der Waals surface area contributed by atoms with Gasteiger partial charge in [0.2, 0.25) is 0 Å². The molecule has 2 saturated heterocycles. The van der Waals surface area contributed by atoms with Crippen molar-refractivity contribution in [1.82, 2.24) is 4.90 Å². The summed E-state index contributed by atoms with van der Waals surface area (Å²) < 4.78 is 5.57. The number of carboxylic acids is 1. The highest BCUT2D eigenvalue weighted by Crippen LogP contribution is 2.30. The number of carbonyl (C=O) groups excluding carboxylic acids is 1. The van der Waals surface area contributed by atoms with Crippen LogP contribution in [-0.2, 0) is 14.3 Å². The normalized spacial score (nSPS) is 32.5. The van der Waals surface area contributed by atoms with Gasteiger partial charge in [-0.15, -0.1) is 0 Å². The molecule has 0 aromatic heterocycles. The van der Waals surface area contributed by atoms with E-state index in [0.717, 1.165) is 32.1 Å². The second-order valence-electron chi connectivity index (χ2n) is 5.43. The summed E-state index contributed by atoms with van der Waals surface area (Å²) in [5, 5.41) is 8.93. The number of hydrogen-bond acceptors (Lipinski definition) is 3. The summed E-state index contributed by atoms with van der Waals surface area (Å²) >= 11 is 0. The molecular formula is C13H21NO4. The Morgan fingerprint density at radius 3 is 2.78 bits per heavy atom. The van der Waals surface area contributed by atoms with Crippen molar-refractivity contribution in [1.29, 1.82) is 0 Å². The van der Waals surface area contributed by atoms with Crippen LogP contribution in [0, 0.1) is 0 Å². The van der Waals surface area contributed by atoms with Crippen molar-refractivity contribution in [2.24, 2.45) is 0 Å². The van der Waals surface area contributed by atoms with Crippen LogP contribution in [-0.4, -0.2) is 46.7 Å². The Bertz CT molecular complexity index is 336. The Morgan fingerprint density at radius 1 is 1.39 bits per heavy atom. The minimum Gasteiger partial charge on any atom is -0.481 e. The molecule has 2 aliphatic heterocycles. The topological polar surface area (TPSA) is 66.8 Å². The van der Waals surface area contributed by atoms with Gasteiger partial charge in [-0.3, -0.25) is 9.59 Å². The van der Waals surface area contributed by atoms with Crippen LogP contribution in [0.1, 0.15) is 45.4 Å². The number of amides is 1. The lowest BCUT2D eigenvalue weighted by Gasteiger charge is -2.39. The summed E-state index contributed by atoms with van der Waals surface area (Å²) in [5.74, 6) is -0.858. The van der Waals surface area contributed by atoms with Gasteiger partial charge in [-0.25, -0.2) is 0 Å². The number of aliphatic carboxylic acids is 1. The van der Waals surface area contributed by atoms with Crippen LogP contribution in [0.4, 0.5) is 0 Å². The van der Waals surface area contributed by atoms with Gasteiger partial charge in [-0.1, -0.05) is 0 Å². The average Bonchev–Trinajstić information content (AvgIpc) is 2.76. The number of likely N-dealkylation sites (tertiary alicyclic amines) is 1. The molecule has 2 rings (SSSR count). The van der Waals surface area contributed by atoms with Crippen LogP contribution in [0.25, 0.3) is 0 Å². The minimum atomic E-state index is -0.836. The monoisotopic (exact) mass is 255 g/mol. The molecule has 0 aromatic carbocycles. The van der Waals surface area contributed by atoms with Crippen molar-refractivity contribution in [2.45, 2.75) is 57.1 Å². The maximum Gasteiger partial charge on any atom is 0.305 e. The Balaban J connectivity index is 2.08. The lowest BCUT2D eigenvalue weighted by atomic mass is 9.94. The fourth-order valence-corrected chi connectivity index (χ4v) is 2.93. The molecule has 0 aliphatic carbocycles. The molecule has 0 spiro atoms. The van der Waals surface area contributed by atoms with Crippen molar-refractivity contribution < 1.29 is 19.4 Å². The third-order valence-electron chi connectivity index (χ3n) is 3.97. The highest BCUT2D eigenvalue weighted by atomic mass is 16.5. The van der Waals surface area contributed by atoms with Gasteiger partial charge >= 0.3 is 5.97 Å². The maximum absolute atomic E-state index is 12.5. The fraction of sp³-hybridized carbons (Fsp3) is 0.846. The first-order chi connectivity index (χ1) is 8.53. The van der Waals surface area contributed by atoms with Crippen molar-refractivity contribution in [3.63, 3.8) is 0 Å². The van der Waals surface area contributed by atoms with Gasteiger partial charge in [-0.05, 0) is 39.0 Å². The Morgan fingerprint density at radius 2 is 2.17 bits per heavy atom. The van der Waals surface area contributed by atoms with Crippen LogP contribution in [0.5, 0.6) is 0 Å². The zero-order valence-corrected chi connectivity index (χ0v) is 10.9. The van der Waals surface area contributed by atoms with Crippen LogP contribution >= 0.6 is 0 Å². The van der Waals surface area contributed by atoms with E-state index < -0.39 is 11.6 Å². The fourth-order valence-electron chi connectivity index (χ4n) is 2.93. The van der Waals surface area contributed by atoms with Gasteiger partial charge in [0, 0.05) is 19.2 Å². The smallest absolute Gasteiger partial charge is 0.305 e. The van der Waals surface area contributed by atoms with E-state index in [1.54, 1.807) is 4.90 Å². The van der Waals surface area contributed by atoms with E-state index >= 15 is 0 Å². The van der Waals surface area contributed by atoms with Gasteiger partial charge in [-0.2, -0.15) is 0 Å². The van der Waals surface area contributed by atoms with E-state index in [4.69, 9.17) is 9.84 Å². The lowest BCUT2D eigenvalue weighted by molar-refractivity contribution is -0.156. The summed E-state index contributed by atoms with van der Waals surface area (Å²) in [6, 6.07) is -0.162. The van der Waals surface area contributed by atoms with Crippen molar-refractivity contribution in [3.8, 4) is 0 Å². The van der Waals surface area contributed by atoms with E-state index in [9.17, 15) is 9.59 Å². The van der Waals surface area contributed by atoms with Crippen LogP contribution in [0.15, 0.2) is 0 Å². The second kappa shape index (κ2) is 5.26. The summed E-state index contributed by atoms with van der Waals surface area (Å²) in [4.78, 5) is 25.1. The third kappa shape index (κ3) is 2.66. The van der Waals surface area contributed by atoms with E-state index in [-0.39, 0.29) is 18.4 Å². The predicted octanol–water partition coefficient (Wildman–Crippen LogP) is 1.41. The molecule has 5 heteroatoms. The van der Waals surface area contributed by atoms with Crippen molar-refractivity contribution >= 4 is 11.9 Å². The molecule has 102 valence electrons. The molecule has 2 fully saturated rings. The number of piperidine rings is 1. The quantitative estimate of drug-likeness (QED) is 0.828. The lowest BCUT2D eigenvalue weighted by Crippen LogP contribution is -2.53. The molecule has 2 aliphatic rings. The van der Waals surface area contributed by atoms with Crippen LogP contribution < -0.4 is 0 Å². The average molecular weight is 255 g/mol. The zero-order chi connectivity index (χ0) is 13.2. The number of nitrogens with zero attached hydrogens (tertiary/aromatic N) is 1. The largest absolute Gasteiger partial charge is 0.481 e. The second-order valence-corrected chi connectivity index (χ2v) is 5.43. The first-order valence-corrected chi connectivity index (χ1v) is 6.70. The molecule has 2 heterocycles. The molecule has 1 N–H and O–H groups in total. The molecule has 5 nitrogen and oxygen atoms in total. The first-order valence-electron chi connectivity index (χ1n) is 6.70. The van der Waals surface area contributed by atoms with Crippen LogP contribution in [0.2, 0.25) is 0 Å². The molecule has 0 radical (unpaired) electrons. The number of ether oxygens (including phenoxy) is 1. The molecule has 2 atom stereocenters. The Hall–Kier alpha value is -1.10.